The van der Waals surface area contributed by atoms with Crippen molar-refractivity contribution in [3.8, 4) is 0 Å². The number of amides is 1. The highest BCUT2D eigenvalue weighted by Gasteiger charge is 2.63. The van der Waals surface area contributed by atoms with Crippen LogP contribution in [0.1, 0.15) is 31.2 Å². The van der Waals surface area contributed by atoms with Crippen molar-refractivity contribution < 1.29 is 13.2 Å². The van der Waals surface area contributed by atoms with Gasteiger partial charge in [0.2, 0.25) is 15.9 Å². The summed E-state index contributed by atoms with van der Waals surface area (Å²) in [7, 11) is -3.30. The molecule has 5 nitrogen and oxygen atoms in total. The average molecular weight is 427 g/mol. The zero-order valence-electron chi connectivity index (χ0n) is 14.2. The first-order valence-corrected chi connectivity index (χ1v) is 11.5. The van der Waals surface area contributed by atoms with Gasteiger partial charge in [-0.25, -0.2) is 13.1 Å². The van der Waals surface area contributed by atoms with Crippen LogP contribution < -0.4 is 4.72 Å². The van der Waals surface area contributed by atoms with Crippen molar-refractivity contribution in [2.24, 2.45) is 11.3 Å². The molecule has 1 aromatic rings. The van der Waals surface area contributed by atoms with Crippen LogP contribution in [0.2, 0.25) is 0 Å². The van der Waals surface area contributed by atoms with E-state index in [1.54, 1.807) is 0 Å². The lowest BCUT2D eigenvalue weighted by Crippen LogP contribution is -2.62. The monoisotopic (exact) mass is 426 g/mol. The molecule has 0 spiro atoms. The normalized spacial score (nSPS) is 33.7. The lowest BCUT2D eigenvalue weighted by Gasteiger charge is -2.61. The zero-order chi connectivity index (χ0) is 17.8. The number of rotatable bonds is 5. The number of sulfonamides is 1. The molecule has 25 heavy (non-hydrogen) atoms. The Morgan fingerprint density at radius 3 is 2.64 bits per heavy atom. The quantitative estimate of drug-likeness (QED) is 0.785. The number of nitrogens with zero attached hydrogens (tertiary/aromatic N) is 1. The third-order valence-electron chi connectivity index (χ3n) is 6.00. The number of hydrogen-bond acceptors (Lipinski definition) is 3. The second-order valence-corrected chi connectivity index (χ2v) is 10.6. The molecule has 0 unspecified atom stereocenters. The van der Waals surface area contributed by atoms with E-state index in [9.17, 15) is 13.2 Å². The van der Waals surface area contributed by atoms with Crippen LogP contribution in [0.15, 0.2) is 28.7 Å². The lowest BCUT2D eigenvalue weighted by molar-refractivity contribution is -0.177. The van der Waals surface area contributed by atoms with Gasteiger partial charge in [-0.15, -0.1) is 0 Å². The molecule has 7 heteroatoms. The Morgan fingerprint density at radius 2 is 2.08 bits per heavy atom. The van der Waals surface area contributed by atoms with E-state index in [4.69, 9.17) is 0 Å². The molecule has 3 saturated carbocycles. The van der Waals surface area contributed by atoms with Crippen molar-refractivity contribution in [2.45, 2.75) is 44.2 Å². The van der Waals surface area contributed by atoms with E-state index in [1.165, 1.54) is 6.26 Å². The van der Waals surface area contributed by atoms with E-state index in [1.807, 2.05) is 29.2 Å². The molecule has 3 aliphatic carbocycles. The summed E-state index contributed by atoms with van der Waals surface area (Å²) in [5.74, 6) is 0.993. The van der Waals surface area contributed by atoms with Crippen molar-refractivity contribution in [2.75, 3.05) is 12.8 Å². The zero-order valence-corrected chi connectivity index (χ0v) is 16.6. The standard InChI is InChI=1S/C18H23BrN2O3S/c1-25(23,24)20-15-5-6-21(17(22)18-9-13(10-18)11-18)16(15)8-12-3-2-4-14(19)7-12/h2-4,7,13,15-16,20H,5-6,8-11H2,1H3/t13?,15-,16-,18?/m0/s1. The molecule has 0 aromatic heterocycles. The Hall–Kier alpha value is -0.920. The van der Waals surface area contributed by atoms with Gasteiger partial charge < -0.3 is 4.90 Å². The van der Waals surface area contributed by atoms with Gasteiger partial charge in [-0.3, -0.25) is 4.79 Å². The molecular weight excluding hydrogens is 404 g/mol. The van der Waals surface area contributed by atoms with Crippen LogP contribution in [0.4, 0.5) is 0 Å². The molecule has 4 aliphatic rings. The summed E-state index contributed by atoms with van der Waals surface area (Å²) in [5.41, 5.74) is 0.983. The van der Waals surface area contributed by atoms with Gasteiger partial charge in [0.1, 0.15) is 0 Å². The molecule has 1 aromatic carbocycles. The van der Waals surface area contributed by atoms with Gasteiger partial charge in [0.25, 0.3) is 0 Å². The maximum atomic E-state index is 13.1. The largest absolute Gasteiger partial charge is 0.337 e. The molecule has 1 saturated heterocycles. The van der Waals surface area contributed by atoms with Gasteiger partial charge >= 0.3 is 0 Å². The molecule has 5 rings (SSSR count). The molecule has 136 valence electrons. The number of carbonyl (C=O) groups excluding carboxylic acids is 1. The summed E-state index contributed by atoms with van der Waals surface area (Å²) in [5, 5.41) is 0. The van der Waals surface area contributed by atoms with E-state index in [0.29, 0.717) is 19.4 Å². The third-order valence-corrected chi connectivity index (χ3v) is 7.22. The fraction of sp³-hybridized carbons (Fsp3) is 0.611. The minimum atomic E-state index is -3.30. The van der Waals surface area contributed by atoms with Gasteiger partial charge in [0.15, 0.2) is 0 Å². The Bertz CT molecular complexity index is 793. The number of benzene rings is 1. The molecule has 2 bridgehead atoms. The molecule has 1 N–H and O–H groups in total. The van der Waals surface area contributed by atoms with Crippen LogP contribution >= 0.6 is 15.9 Å². The van der Waals surface area contributed by atoms with E-state index >= 15 is 0 Å². The lowest BCUT2D eigenvalue weighted by atomic mass is 9.44. The van der Waals surface area contributed by atoms with Crippen molar-refractivity contribution >= 4 is 31.9 Å². The van der Waals surface area contributed by atoms with E-state index in [-0.39, 0.29) is 23.4 Å². The van der Waals surface area contributed by atoms with Crippen LogP contribution in [0.3, 0.4) is 0 Å². The fourth-order valence-electron chi connectivity index (χ4n) is 4.72. The third kappa shape index (κ3) is 3.26. The highest BCUT2D eigenvalue weighted by atomic mass is 79.9. The van der Waals surface area contributed by atoms with E-state index < -0.39 is 10.0 Å². The predicted molar refractivity (Wildman–Crippen MR) is 99.5 cm³/mol. The van der Waals surface area contributed by atoms with E-state index in [0.717, 1.165) is 35.2 Å². The molecular formula is C18H23BrN2O3S. The maximum Gasteiger partial charge on any atom is 0.229 e. The number of nitrogens with one attached hydrogen (secondary N) is 1. The second-order valence-electron chi connectivity index (χ2n) is 7.94. The van der Waals surface area contributed by atoms with Crippen LogP contribution in [-0.4, -0.2) is 44.1 Å². The fourth-order valence-corrected chi connectivity index (χ4v) is 5.99. The smallest absolute Gasteiger partial charge is 0.229 e. The number of carbonyl (C=O) groups is 1. The Morgan fingerprint density at radius 1 is 1.36 bits per heavy atom. The van der Waals surface area contributed by atoms with Crippen LogP contribution in [0.5, 0.6) is 0 Å². The van der Waals surface area contributed by atoms with Gasteiger partial charge in [0.05, 0.1) is 17.7 Å². The summed E-state index contributed by atoms with van der Waals surface area (Å²) >= 11 is 3.49. The van der Waals surface area contributed by atoms with Crippen molar-refractivity contribution in [3.05, 3.63) is 34.3 Å². The van der Waals surface area contributed by atoms with Crippen LogP contribution in [0.25, 0.3) is 0 Å². The minimum Gasteiger partial charge on any atom is -0.337 e. The van der Waals surface area contributed by atoms with Crippen molar-refractivity contribution in [1.29, 1.82) is 0 Å². The Kier molecular flexibility index (Phi) is 4.24. The highest BCUT2D eigenvalue weighted by molar-refractivity contribution is 9.10. The molecule has 1 heterocycles. The number of halogens is 1. The first kappa shape index (κ1) is 17.5. The molecule has 2 atom stereocenters. The van der Waals surface area contributed by atoms with Crippen molar-refractivity contribution in [3.63, 3.8) is 0 Å². The summed E-state index contributed by atoms with van der Waals surface area (Å²) in [6.07, 6.45) is 5.60. The summed E-state index contributed by atoms with van der Waals surface area (Å²) in [6.45, 7) is 0.636. The van der Waals surface area contributed by atoms with E-state index in [2.05, 4.69) is 20.7 Å². The predicted octanol–water partition coefficient (Wildman–Crippen LogP) is 2.31. The molecule has 1 aliphatic heterocycles. The van der Waals surface area contributed by atoms with Crippen LogP contribution in [-0.2, 0) is 21.2 Å². The van der Waals surface area contributed by atoms with Gasteiger partial charge in [-0.2, -0.15) is 0 Å². The molecule has 4 fully saturated rings. The van der Waals surface area contributed by atoms with Gasteiger partial charge in [0, 0.05) is 17.1 Å². The first-order valence-electron chi connectivity index (χ1n) is 8.79. The Balaban J connectivity index is 1.57. The minimum absolute atomic E-state index is 0.120. The number of hydrogen-bond donors (Lipinski definition) is 1. The van der Waals surface area contributed by atoms with Crippen molar-refractivity contribution in [1.82, 2.24) is 9.62 Å². The Labute approximate surface area is 157 Å². The molecule has 0 radical (unpaired) electrons. The van der Waals surface area contributed by atoms with Gasteiger partial charge in [-0.1, -0.05) is 28.1 Å². The second kappa shape index (κ2) is 6.06. The first-order chi connectivity index (χ1) is 11.8. The van der Waals surface area contributed by atoms with Gasteiger partial charge in [-0.05, 0) is 55.7 Å². The topological polar surface area (TPSA) is 66.5 Å². The summed E-state index contributed by atoms with van der Waals surface area (Å²) < 4.78 is 27.3. The summed E-state index contributed by atoms with van der Waals surface area (Å²) in [6, 6.07) is 7.68. The summed E-state index contributed by atoms with van der Waals surface area (Å²) in [4.78, 5) is 15.1. The molecule has 1 amide bonds. The van der Waals surface area contributed by atoms with Crippen LogP contribution in [0, 0.1) is 11.3 Å². The highest BCUT2D eigenvalue weighted by Crippen LogP contribution is 2.65. The maximum absolute atomic E-state index is 13.1. The SMILES string of the molecule is CS(=O)(=O)N[C@H]1CCN(C(=O)C23CC(C2)C3)[C@H]1Cc1cccc(Br)c1. The average Bonchev–Trinajstić information content (AvgIpc) is 2.76. The number of likely N-dealkylation sites (tertiary alicyclic amines) is 1.